The van der Waals surface area contributed by atoms with Gasteiger partial charge in [0.2, 0.25) is 5.91 Å². The second-order valence-corrected chi connectivity index (χ2v) is 4.66. The van der Waals surface area contributed by atoms with Crippen molar-refractivity contribution < 1.29 is 4.79 Å². The zero-order chi connectivity index (χ0) is 10.0. The summed E-state index contributed by atoms with van der Waals surface area (Å²) in [6.07, 6.45) is 2.33. The molecule has 2 unspecified atom stereocenters. The first-order valence-corrected chi connectivity index (χ1v) is 5.32. The van der Waals surface area contributed by atoms with Gasteiger partial charge in [-0.2, -0.15) is 0 Å². The summed E-state index contributed by atoms with van der Waals surface area (Å²) in [5, 5.41) is 0. The molecular weight excluding hydrogens is 162 g/mol. The lowest BCUT2D eigenvalue weighted by atomic mass is 9.92. The van der Waals surface area contributed by atoms with E-state index in [1.165, 1.54) is 12.8 Å². The minimum Gasteiger partial charge on any atom is -0.340 e. The van der Waals surface area contributed by atoms with Crippen molar-refractivity contribution in [2.45, 2.75) is 46.6 Å². The van der Waals surface area contributed by atoms with E-state index in [9.17, 15) is 4.79 Å². The zero-order valence-corrected chi connectivity index (χ0v) is 9.21. The molecule has 1 amide bonds. The highest BCUT2D eigenvalue weighted by atomic mass is 16.2. The molecule has 0 aromatic heterocycles. The number of piperidine rings is 1. The topological polar surface area (TPSA) is 20.3 Å². The molecule has 1 rings (SSSR count). The van der Waals surface area contributed by atoms with Gasteiger partial charge < -0.3 is 4.90 Å². The van der Waals surface area contributed by atoms with Gasteiger partial charge in [-0.25, -0.2) is 0 Å². The number of hydrogen-bond acceptors (Lipinski definition) is 1. The fourth-order valence-electron chi connectivity index (χ4n) is 2.07. The maximum atomic E-state index is 11.7. The van der Waals surface area contributed by atoms with Crippen molar-refractivity contribution >= 4 is 5.91 Å². The van der Waals surface area contributed by atoms with Crippen LogP contribution in [-0.4, -0.2) is 23.4 Å². The Labute approximate surface area is 81.3 Å². The summed E-state index contributed by atoms with van der Waals surface area (Å²) in [4.78, 5) is 13.8. The molecule has 0 radical (unpaired) electrons. The predicted molar refractivity (Wildman–Crippen MR) is 54.4 cm³/mol. The monoisotopic (exact) mass is 183 g/mol. The molecule has 1 saturated heterocycles. The summed E-state index contributed by atoms with van der Waals surface area (Å²) in [6.45, 7) is 9.35. The largest absolute Gasteiger partial charge is 0.340 e. The smallest absolute Gasteiger partial charge is 0.225 e. The van der Waals surface area contributed by atoms with Crippen LogP contribution in [0.4, 0.5) is 0 Å². The first-order valence-electron chi connectivity index (χ1n) is 5.32. The summed E-state index contributed by atoms with van der Waals surface area (Å²) in [5.41, 5.74) is 0. The van der Waals surface area contributed by atoms with Gasteiger partial charge in [0, 0.05) is 18.5 Å². The summed E-state index contributed by atoms with van der Waals surface area (Å²) in [6, 6.07) is 0.443. The molecular formula is C11H21NO. The van der Waals surface area contributed by atoms with E-state index < -0.39 is 0 Å². The normalized spacial score (nSPS) is 29.5. The lowest BCUT2D eigenvalue weighted by Crippen LogP contribution is -2.45. The van der Waals surface area contributed by atoms with Crippen molar-refractivity contribution in [1.82, 2.24) is 4.90 Å². The van der Waals surface area contributed by atoms with E-state index in [-0.39, 0.29) is 5.92 Å². The molecule has 0 aromatic rings. The van der Waals surface area contributed by atoms with Gasteiger partial charge in [-0.1, -0.05) is 20.8 Å². The van der Waals surface area contributed by atoms with Crippen LogP contribution in [0.15, 0.2) is 0 Å². The second kappa shape index (κ2) is 4.12. The molecule has 0 bridgehead atoms. The van der Waals surface area contributed by atoms with Gasteiger partial charge in [-0.05, 0) is 25.7 Å². The van der Waals surface area contributed by atoms with E-state index in [1.54, 1.807) is 0 Å². The van der Waals surface area contributed by atoms with Gasteiger partial charge in [0.25, 0.3) is 0 Å². The number of carbonyl (C=O) groups is 1. The molecule has 0 aliphatic carbocycles. The van der Waals surface area contributed by atoms with Crippen LogP contribution in [0, 0.1) is 11.8 Å². The standard InChI is InChI=1S/C11H21NO/c1-8(2)11(13)12-6-5-9(3)7-10(12)4/h8-10H,5-7H2,1-4H3. The van der Waals surface area contributed by atoms with Crippen molar-refractivity contribution in [3.63, 3.8) is 0 Å². The molecule has 2 atom stereocenters. The van der Waals surface area contributed by atoms with E-state index in [2.05, 4.69) is 13.8 Å². The van der Waals surface area contributed by atoms with Crippen LogP contribution in [0.5, 0.6) is 0 Å². The second-order valence-electron chi connectivity index (χ2n) is 4.66. The van der Waals surface area contributed by atoms with Crippen molar-refractivity contribution in [1.29, 1.82) is 0 Å². The van der Waals surface area contributed by atoms with Gasteiger partial charge in [-0.15, -0.1) is 0 Å². The Morgan fingerprint density at radius 1 is 1.38 bits per heavy atom. The molecule has 2 heteroatoms. The van der Waals surface area contributed by atoms with E-state index in [4.69, 9.17) is 0 Å². The fraction of sp³-hybridized carbons (Fsp3) is 0.909. The summed E-state index contributed by atoms with van der Waals surface area (Å²) >= 11 is 0. The van der Waals surface area contributed by atoms with E-state index in [1.807, 2.05) is 18.7 Å². The molecule has 1 aliphatic rings. The lowest BCUT2D eigenvalue weighted by Gasteiger charge is -2.37. The maximum Gasteiger partial charge on any atom is 0.225 e. The van der Waals surface area contributed by atoms with Gasteiger partial charge in [0.15, 0.2) is 0 Å². The summed E-state index contributed by atoms with van der Waals surface area (Å²) in [7, 11) is 0. The van der Waals surface area contributed by atoms with E-state index in [0.717, 1.165) is 12.5 Å². The van der Waals surface area contributed by atoms with Crippen molar-refractivity contribution in [2.24, 2.45) is 11.8 Å². The third kappa shape index (κ3) is 2.45. The third-order valence-electron chi connectivity index (χ3n) is 2.92. The third-order valence-corrected chi connectivity index (χ3v) is 2.92. The molecule has 0 saturated carbocycles. The van der Waals surface area contributed by atoms with Gasteiger partial charge in [0.05, 0.1) is 0 Å². The van der Waals surface area contributed by atoms with Crippen LogP contribution in [0.1, 0.15) is 40.5 Å². The zero-order valence-electron chi connectivity index (χ0n) is 9.21. The number of amides is 1. The molecule has 76 valence electrons. The first-order chi connectivity index (χ1) is 6.02. The Hall–Kier alpha value is -0.530. The van der Waals surface area contributed by atoms with E-state index in [0.29, 0.717) is 11.9 Å². The molecule has 0 N–H and O–H groups in total. The van der Waals surface area contributed by atoms with Crippen molar-refractivity contribution in [2.75, 3.05) is 6.54 Å². The highest BCUT2D eigenvalue weighted by Gasteiger charge is 2.27. The average Bonchev–Trinajstić information content (AvgIpc) is 2.03. The molecule has 0 aromatic carbocycles. The Balaban J connectivity index is 2.56. The minimum atomic E-state index is 0.149. The number of likely N-dealkylation sites (tertiary alicyclic amines) is 1. The number of rotatable bonds is 1. The van der Waals surface area contributed by atoms with Crippen LogP contribution >= 0.6 is 0 Å². The van der Waals surface area contributed by atoms with Gasteiger partial charge in [-0.3, -0.25) is 4.79 Å². The Morgan fingerprint density at radius 3 is 2.46 bits per heavy atom. The summed E-state index contributed by atoms with van der Waals surface area (Å²) < 4.78 is 0. The Morgan fingerprint density at radius 2 is 2.00 bits per heavy atom. The van der Waals surface area contributed by atoms with Crippen LogP contribution in [-0.2, 0) is 4.79 Å². The minimum absolute atomic E-state index is 0.149. The fourth-order valence-corrected chi connectivity index (χ4v) is 2.07. The first kappa shape index (κ1) is 10.6. The van der Waals surface area contributed by atoms with Crippen LogP contribution in [0.2, 0.25) is 0 Å². The Bertz CT molecular complexity index is 189. The average molecular weight is 183 g/mol. The highest BCUT2D eigenvalue weighted by molar-refractivity contribution is 5.78. The van der Waals surface area contributed by atoms with Gasteiger partial charge >= 0.3 is 0 Å². The number of hydrogen-bond donors (Lipinski definition) is 0. The molecule has 1 fully saturated rings. The Kier molecular flexibility index (Phi) is 3.34. The van der Waals surface area contributed by atoms with Gasteiger partial charge in [0.1, 0.15) is 0 Å². The number of carbonyl (C=O) groups excluding carboxylic acids is 1. The quantitative estimate of drug-likeness (QED) is 0.611. The van der Waals surface area contributed by atoms with E-state index >= 15 is 0 Å². The predicted octanol–water partition coefficient (Wildman–Crippen LogP) is 2.29. The van der Waals surface area contributed by atoms with Crippen molar-refractivity contribution in [3.8, 4) is 0 Å². The molecule has 2 nitrogen and oxygen atoms in total. The molecule has 1 aliphatic heterocycles. The van der Waals surface area contributed by atoms with Crippen molar-refractivity contribution in [3.05, 3.63) is 0 Å². The highest BCUT2D eigenvalue weighted by Crippen LogP contribution is 2.23. The molecule has 1 heterocycles. The lowest BCUT2D eigenvalue weighted by molar-refractivity contribution is -0.138. The molecule has 13 heavy (non-hydrogen) atoms. The maximum absolute atomic E-state index is 11.7. The summed E-state index contributed by atoms with van der Waals surface area (Å²) in [5.74, 6) is 1.25. The van der Waals surface area contributed by atoms with Crippen LogP contribution < -0.4 is 0 Å². The van der Waals surface area contributed by atoms with Crippen LogP contribution in [0.25, 0.3) is 0 Å². The molecule has 0 spiro atoms. The SMILES string of the molecule is CC1CCN(C(=O)C(C)C)C(C)C1. The van der Waals surface area contributed by atoms with Crippen LogP contribution in [0.3, 0.4) is 0 Å². The number of nitrogens with zero attached hydrogens (tertiary/aromatic N) is 1.